The smallest absolute Gasteiger partial charge is 0.253 e. The van der Waals surface area contributed by atoms with Crippen molar-refractivity contribution in [2.45, 2.75) is 0 Å². The minimum absolute atomic E-state index is 0.140. The number of likely N-dealkylation sites (N-methyl/N-ethyl adjacent to an activating group) is 1. The van der Waals surface area contributed by atoms with Gasteiger partial charge in [0.05, 0.1) is 23.7 Å². The van der Waals surface area contributed by atoms with E-state index in [0.717, 1.165) is 6.54 Å². The van der Waals surface area contributed by atoms with Crippen molar-refractivity contribution < 1.29 is 9.53 Å². The third kappa shape index (κ3) is 3.14. The minimum atomic E-state index is -0.140. The predicted molar refractivity (Wildman–Crippen MR) is 94.5 cm³/mol. The molecular formula is C18H20N4O2. The lowest BCUT2D eigenvalue weighted by atomic mass is 10.1. The second kappa shape index (κ2) is 6.80. The summed E-state index contributed by atoms with van der Waals surface area (Å²) >= 11 is 0. The predicted octanol–water partition coefficient (Wildman–Crippen LogP) is 2.08. The molecule has 0 fully saturated rings. The summed E-state index contributed by atoms with van der Waals surface area (Å²) in [6.45, 7) is 1.36. The quantitative estimate of drug-likeness (QED) is 0.728. The average molecular weight is 324 g/mol. The molecule has 0 aliphatic heterocycles. The summed E-state index contributed by atoms with van der Waals surface area (Å²) in [6, 6.07) is 11.0. The number of nitrogens with zero attached hydrogens (tertiary/aromatic N) is 3. The highest BCUT2D eigenvalue weighted by Gasteiger charge is 2.14. The molecule has 1 aromatic heterocycles. The molecule has 0 atom stereocenters. The second-order valence-electron chi connectivity index (χ2n) is 5.78. The van der Waals surface area contributed by atoms with Crippen LogP contribution in [0.2, 0.25) is 0 Å². The van der Waals surface area contributed by atoms with Crippen LogP contribution in [0.5, 0.6) is 5.75 Å². The lowest BCUT2D eigenvalue weighted by Crippen LogP contribution is -2.31. The maximum absolute atomic E-state index is 12.5. The van der Waals surface area contributed by atoms with Crippen LogP contribution in [0.25, 0.3) is 22.1 Å². The fourth-order valence-electron chi connectivity index (χ4n) is 2.53. The normalized spacial score (nSPS) is 11.2. The van der Waals surface area contributed by atoms with Gasteiger partial charge < -0.3 is 15.0 Å². The van der Waals surface area contributed by atoms with Crippen LogP contribution in [0.15, 0.2) is 36.4 Å². The minimum Gasteiger partial charge on any atom is -0.494 e. The highest BCUT2D eigenvalue weighted by atomic mass is 16.5. The molecule has 3 aromatic rings. The van der Waals surface area contributed by atoms with Crippen LogP contribution < -0.4 is 10.1 Å². The maximum Gasteiger partial charge on any atom is 0.253 e. The Hall–Kier alpha value is -2.73. The number of carbonyl (C=O) groups is 1. The Labute approximate surface area is 140 Å². The van der Waals surface area contributed by atoms with Crippen LogP contribution in [0.1, 0.15) is 10.4 Å². The number of aromatic nitrogens is 2. The molecule has 24 heavy (non-hydrogen) atoms. The molecule has 124 valence electrons. The van der Waals surface area contributed by atoms with Crippen molar-refractivity contribution in [3.63, 3.8) is 0 Å². The number of rotatable bonds is 5. The summed E-state index contributed by atoms with van der Waals surface area (Å²) in [5.41, 5.74) is 3.20. The van der Waals surface area contributed by atoms with Crippen LogP contribution in [0.4, 0.5) is 0 Å². The molecule has 1 N–H and O–H groups in total. The zero-order valence-corrected chi connectivity index (χ0v) is 14.0. The molecule has 2 aromatic carbocycles. The average Bonchev–Trinajstić information content (AvgIpc) is 2.58. The van der Waals surface area contributed by atoms with Crippen molar-refractivity contribution in [1.82, 2.24) is 20.2 Å². The molecule has 0 radical (unpaired) electrons. The van der Waals surface area contributed by atoms with Gasteiger partial charge in [-0.3, -0.25) is 4.79 Å². The second-order valence-corrected chi connectivity index (χ2v) is 5.78. The van der Waals surface area contributed by atoms with Crippen molar-refractivity contribution in [2.75, 3.05) is 34.3 Å². The summed E-state index contributed by atoms with van der Waals surface area (Å²) in [5.74, 6) is 0.529. The molecule has 0 saturated carbocycles. The van der Waals surface area contributed by atoms with Gasteiger partial charge in [-0.15, -0.1) is 0 Å². The zero-order valence-electron chi connectivity index (χ0n) is 14.0. The van der Waals surface area contributed by atoms with Gasteiger partial charge in [0.15, 0.2) is 0 Å². The van der Waals surface area contributed by atoms with Crippen LogP contribution in [0, 0.1) is 0 Å². The summed E-state index contributed by atoms with van der Waals surface area (Å²) in [7, 11) is 5.54. The van der Waals surface area contributed by atoms with E-state index in [1.807, 2.05) is 49.3 Å². The van der Waals surface area contributed by atoms with Crippen LogP contribution >= 0.6 is 0 Å². The molecular weight excluding hydrogens is 304 g/mol. The van der Waals surface area contributed by atoms with E-state index in [1.54, 1.807) is 13.2 Å². The summed E-state index contributed by atoms with van der Waals surface area (Å²) in [5, 5.41) is 2.92. The monoisotopic (exact) mass is 324 g/mol. The largest absolute Gasteiger partial charge is 0.494 e. The highest BCUT2D eigenvalue weighted by Crippen LogP contribution is 2.25. The number of nitrogens with one attached hydrogen (secondary N) is 1. The van der Waals surface area contributed by atoms with E-state index in [0.29, 0.717) is 39.9 Å². The van der Waals surface area contributed by atoms with Gasteiger partial charge in [-0.05, 0) is 38.4 Å². The molecule has 0 aliphatic rings. The number of amides is 1. The van der Waals surface area contributed by atoms with Gasteiger partial charge in [0.1, 0.15) is 16.8 Å². The van der Waals surface area contributed by atoms with Crippen LogP contribution in [-0.2, 0) is 0 Å². The van der Waals surface area contributed by atoms with E-state index in [-0.39, 0.29) is 5.91 Å². The molecule has 1 amide bonds. The molecule has 0 bridgehead atoms. The molecule has 0 aliphatic carbocycles. The van der Waals surface area contributed by atoms with Gasteiger partial charge in [0, 0.05) is 13.1 Å². The Morgan fingerprint density at radius 3 is 2.46 bits per heavy atom. The van der Waals surface area contributed by atoms with Gasteiger partial charge in [0.25, 0.3) is 5.91 Å². The fourth-order valence-corrected chi connectivity index (χ4v) is 2.53. The molecule has 0 unspecified atom stereocenters. The Balaban J connectivity index is 2.03. The molecule has 1 heterocycles. The number of methoxy groups -OCH3 is 1. The first-order valence-electron chi connectivity index (χ1n) is 7.76. The van der Waals surface area contributed by atoms with Crippen LogP contribution in [0.3, 0.4) is 0 Å². The Morgan fingerprint density at radius 2 is 1.75 bits per heavy atom. The number of benzene rings is 2. The number of fused-ring (bicyclic) bond motifs is 2. The van der Waals surface area contributed by atoms with Crippen molar-refractivity contribution in [3.8, 4) is 5.75 Å². The third-order valence-corrected chi connectivity index (χ3v) is 3.77. The summed E-state index contributed by atoms with van der Waals surface area (Å²) < 4.78 is 5.34. The molecule has 0 spiro atoms. The lowest BCUT2D eigenvalue weighted by molar-refractivity contribution is 0.0952. The SMILES string of the molecule is COc1cccc2nc3c(C(=O)NCCN(C)C)cccc3nc12. The Kier molecular flexibility index (Phi) is 4.57. The van der Waals surface area contributed by atoms with Crippen molar-refractivity contribution in [3.05, 3.63) is 42.0 Å². The van der Waals surface area contributed by atoms with E-state index in [9.17, 15) is 4.79 Å². The Bertz CT molecular complexity index is 893. The topological polar surface area (TPSA) is 67.3 Å². The third-order valence-electron chi connectivity index (χ3n) is 3.77. The first kappa shape index (κ1) is 16.1. The number of para-hydroxylation sites is 2. The number of ether oxygens (including phenoxy) is 1. The lowest BCUT2D eigenvalue weighted by Gasteiger charge is -2.11. The first-order chi connectivity index (χ1) is 11.6. The zero-order chi connectivity index (χ0) is 17.1. The standard InChI is InChI=1S/C18H20N4O2/c1-22(2)11-10-19-18(23)12-6-4-7-13-16(12)20-14-8-5-9-15(24-3)17(14)21-13/h4-9H,10-11H2,1-3H3,(H,19,23). The molecule has 3 rings (SSSR count). The summed E-state index contributed by atoms with van der Waals surface area (Å²) in [6.07, 6.45) is 0. The number of carbonyl (C=O) groups excluding carboxylic acids is 1. The van der Waals surface area contributed by atoms with Crippen LogP contribution in [-0.4, -0.2) is 55.1 Å². The molecule has 6 heteroatoms. The van der Waals surface area contributed by atoms with Gasteiger partial charge in [-0.25, -0.2) is 9.97 Å². The Morgan fingerprint density at radius 1 is 1.08 bits per heavy atom. The van der Waals surface area contributed by atoms with Gasteiger partial charge in [-0.1, -0.05) is 12.1 Å². The van der Waals surface area contributed by atoms with Gasteiger partial charge >= 0.3 is 0 Å². The van der Waals surface area contributed by atoms with Crippen molar-refractivity contribution in [2.24, 2.45) is 0 Å². The maximum atomic E-state index is 12.5. The number of hydrogen-bond donors (Lipinski definition) is 1. The van der Waals surface area contributed by atoms with E-state index in [4.69, 9.17) is 4.74 Å². The summed E-state index contributed by atoms with van der Waals surface area (Å²) in [4.78, 5) is 23.8. The first-order valence-corrected chi connectivity index (χ1v) is 7.76. The van der Waals surface area contributed by atoms with E-state index in [1.165, 1.54) is 0 Å². The highest BCUT2D eigenvalue weighted by molar-refractivity contribution is 6.06. The molecule has 6 nitrogen and oxygen atoms in total. The van der Waals surface area contributed by atoms with E-state index in [2.05, 4.69) is 15.3 Å². The molecule has 0 saturated heterocycles. The fraction of sp³-hybridized carbons (Fsp3) is 0.278. The van der Waals surface area contributed by atoms with Crippen molar-refractivity contribution in [1.29, 1.82) is 0 Å². The van der Waals surface area contributed by atoms with E-state index >= 15 is 0 Å². The van der Waals surface area contributed by atoms with E-state index < -0.39 is 0 Å². The van der Waals surface area contributed by atoms with Gasteiger partial charge in [-0.2, -0.15) is 0 Å². The van der Waals surface area contributed by atoms with Gasteiger partial charge in [0.2, 0.25) is 0 Å². The number of hydrogen-bond acceptors (Lipinski definition) is 5. The van der Waals surface area contributed by atoms with Crippen molar-refractivity contribution >= 4 is 28.0 Å².